The highest BCUT2D eigenvalue weighted by molar-refractivity contribution is 7.92. The first-order valence-electron chi connectivity index (χ1n) is 10.6. The van der Waals surface area contributed by atoms with Gasteiger partial charge in [-0.1, -0.05) is 19.9 Å². The van der Waals surface area contributed by atoms with Gasteiger partial charge < -0.3 is 9.64 Å². The minimum absolute atomic E-state index is 0.0176. The fourth-order valence-electron chi connectivity index (χ4n) is 5.75. The Kier molecular flexibility index (Phi) is 5.21. The molecule has 1 aliphatic heterocycles. The summed E-state index contributed by atoms with van der Waals surface area (Å²) in [7, 11) is -2.26. The van der Waals surface area contributed by atoms with Crippen LogP contribution in [0.25, 0.3) is 0 Å². The monoisotopic (exact) mass is 434 g/mol. The lowest BCUT2D eigenvalue weighted by Crippen LogP contribution is -2.43. The van der Waals surface area contributed by atoms with E-state index in [9.17, 15) is 18.0 Å². The average molecular weight is 435 g/mol. The van der Waals surface area contributed by atoms with E-state index < -0.39 is 15.4 Å². The van der Waals surface area contributed by atoms with E-state index in [-0.39, 0.29) is 35.4 Å². The molecule has 2 atom stereocenters. The second kappa shape index (κ2) is 7.34. The number of ether oxygens (including phenoxy) is 1. The topological polar surface area (TPSA) is 92.8 Å². The molecule has 1 aromatic rings. The van der Waals surface area contributed by atoms with Crippen molar-refractivity contribution in [2.75, 3.05) is 35.6 Å². The van der Waals surface area contributed by atoms with Gasteiger partial charge in [-0.2, -0.15) is 0 Å². The molecule has 2 saturated carbocycles. The fourth-order valence-corrected chi connectivity index (χ4v) is 7.63. The number of ketones is 1. The van der Waals surface area contributed by atoms with Crippen LogP contribution in [0, 0.1) is 16.7 Å². The van der Waals surface area contributed by atoms with Crippen LogP contribution in [0.4, 0.5) is 11.4 Å². The Labute approximate surface area is 178 Å². The molecule has 1 aromatic carbocycles. The van der Waals surface area contributed by atoms with E-state index in [1.807, 2.05) is 19.9 Å². The molecule has 2 aliphatic carbocycles. The highest BCUT2D eigenvalue weighted by atomic mass is 32.2. The number of benzene rings is 1. The van der Waals surface area contributed by atoms with E-state index in [1.165, 1.54) is 7.11 Å². The van der Waals surface area contributed by atoms with Gasteiger partial charge in [-0.15, -0.1) is 0 Å². The quantitative estimate of drug-likeness (QED) is 0.743. The summed E-state index contributed by atoms with van der Waals surface area (Å²) in [5, 5.41) is 0. The minimum Gasteiger partial charge on any atom is -0.375 e. The van der Waals surface area contributed by atoms with Crippen LogP contribution in [0.5, 0.6) is 0 Å². The van der Waals surface area contributed by atoms with Crippen LogP contribution < -0.4 is 9.62 Å². The first kappa shape index (κ1) is 21.3. The number of aryl methyl sites for hydroxylation is 1. The lowest BCUT2D eigenvalue weighted by molar-refractivity contribution is -0.128. The lowest BCUT2D eigenvalue weighted by Gasteiger charge is -2.36. The number of methoxy groups -OCH3 is 1. The van der Waals surface area contributed by atoms with Crippen molar-refractivity contribution in [2.24, 2.45) is 16.7 Å². The standard InChI is InChI=1S/C22H30N2O5S/c1-21(2)16-8-9-22(21,19(25)11-16)14-30(27,28)23-17-7-6-15-5-4-10-24(18(15)12-17)20(26)13-29-3/h6-7,12,16,23H,4-5,8-11,13-14H2,1-3H3/t16-,22-/m0/s1. The third-order valence-corrected chi connectivity index (χ3v) is 9.04. The summed E-state index contributed by atoms with van der Waals surface area (Å²) in [6.45, 7) is 4.63. The summed E-state index contributed by atoms with van der Waals surface area (Å²) in [6.07, 6.45) is 3.72. The van der Waals surface area contributed by atoms with E-state index in [1.54, 1.807) is 17.0 Å². The number of anilines is 2. The van der Waals surface area contributed by atoms with E-state index in [4.69, 9.17) is 4.74 Å². The van der Waals surface area contributed by atoms with Gasteiger partial charge >= 0.3 is 0 Å². The minimum atomic E-state index is -3.74. The molecule has 0 radical (unpaired) electrons. The summed E-state index contributed by atoms with van der Waals surface area (Å²) in [6, 6.07) is 5.32. The van der Waals surface area contributed by atoms with Gasteiger partial charge in [0.05, 0.1) is 16.9 Å². The number of hydrogen-bond donors (Lipinski definition) is 1. The van der Waals surface area contributed by atoms with Crippen LogP contribution in [0.1, 0.15) is 45.1 Å². The zero-order chi connectivity index (χ0) is 21.7. The molecule has 8 heteroatoms. The molecule has 4 rings (SSSR count). The van der Waals surface area contributed by atoms with Crippen molar-refractivity contribution in [2.45, 2.75) is 46.0 Å². The van der Waals surface area contributed by atoms with E-state index in [2.05, 4.69) is 4.72 Å². The van der Waals surface area contributed by atoms with Crippen LogP contribution in [0.3, 0.4) is 0 Å². The summed E-state index contributed by atoms with van der Waals surface area (Å²) >= 11 is 0. The Morgan fingerprint density at radius 2 is 2.10 bits per heavy atom. The number of amides is 1. The summed E-state index contributed by atoms with van der Waals surface area (Å²) in [5.74, 6) is 0.0130. The molecule has 1 amide bonds. The summed E-state index contributed by atoms with van der Waals surface area (Å²) < 4.78 is 33.8. The number of rotatable bonds is 6. The van der Waals surface area contributed by atoms with Crippen LogP contribution in [0.15, 0.2) is 18.2 Å². The van der Waals surface area contributed by atoms with Crippen molar-refractivity contribution in [1.29, 1.82) is 0 Å². The largest absolute Gasteiger partial charge is 0.375 e. The summed E-state index contributed by atoms with van der Waals surface area (Å²) in [5.41, 5.74) is 1.04. The fraction of sp³-hybridized carbons (Fsp3) is 0.636. The van der Waals surface area contributed by atoms with Crippen molar-refractivity contribution in [3.05, 3.63) is 23.8 Å². The molecule has 0 saturated heterocycles. The molecule has 30 heavy (non-hydrogen) atoms. The summed E-state index contributed by atoms with van der Waals surface area (Å²) in [4.78, 5) is 26.8. The first-order chi connectivity index (χ1) is 14.1. The Balaban J connectivity index is 1.58. The zero-order valence-electron chi connectivity index (χ0n) is 17.9. The number of carbonyl (C=O) groups excluding carboxylic acids is 2. The molecule has 7 nitrogen and oxygen atoms in total. The van der Waals surface area contributed by atoms with Gasteiger partial charge in [-0.25, -0.2) is 8.42 Å². The van der Waals surface area contributed by atoms with Crippen LogP contribution >= 0.6 is 0 Å². The van der Waals surface area contributed by atoms with Gasteiger partial charge in [0.2, 0.25) is 10.0 Å². The van der Waals surface area contributed by atoms with Gasteiger partial charge in [-0.3, -0.25) is 14.3 Å². The zero-order valence-corrected chi connectivity index (χ0v) is 18.7. The van der Waals surface area contributed by atoms with Gasteiger partial charge in [0.15, 0.2) is 0 Å². The molecule has 0 aromatic heterocycles. The van der Waals surface area contributed by atoms with E-state index in [0.29, 0.717) is 25.1 Å². The molecule has 1 heterocycles. The maximum Gasteiger partial charge on any atom is 0.252 e. The molecule has 2 fully saturated rings. The number of sulfonamides is 1. The average Bonchev–Trinajstić information content (AvgIpc) is 3.01. The lowest BCUT2D eigenvalue weighted by atomic mass is 9.70. The number of fused-ring (bicyclic) bond motifs is 3. The SMILES string of the molecule is COCC(=O)N1CCCc2ccc(NS(=O)(=O)C[C@@]34CC[C@@H](CC3=O)C4(C)C)cc21. The maximum atomic E-state index is 13.1. The van der Waals surface area contributed by atoms with Crippen LogP contribution in [0.2, 0.25) is 0 Å². The van der Waals surface area contributed by atoms with Gasteiger partial charge in [0.1, 0.15) is 12.4 Å². The Bertz CT molecular complexity index is 987. The number of hydrogen-bond acceptors (Lipinski definition) is 5. The third kappa shape index (κ3) is 3.34. The number of Topliss-reactive ketones (excluding diaryl/α,β-unsaturated/α-hetero) is 1. The first-order valence-corrected chi connectivity index (χ1v) is 12.2. The molecule has 1 N–H and O–H groups in total. The molecular formula is C22H30N2O5S. The molecule has 0 spiro atoms. The van der Waals surface area contributed by atoms with Crippen LogP contribution in [-0.4, -0.2) is 46.1 Å². The molecule has 164 valence electrons. The smallest absolute Gasteiger partial charge is 0.252 e. The van der Waals surface area contributed by atoms with Crippen molar-refractivity contribution < 1.29 is 22.7 Å². The Hall–Kier alpha value is -1.93. The van der Waals surface area contributed by atoms with Gasteiger partial charge in [0.25, 0.3) is 5.91 Å². The number of nitrogens with zero attached hydrogens (tertiary/aromatic N) is 1. The third-order valence-electron chi connectivity index (χ3n) is 7.62. The van der Waals surface area contributed by atoms with Crippen molar-refractivity contribution in [3.63, 3.8) is 0 Å². The predicted octanol–water partition coefficient (Wildman–Crippen LogP) is 2.75. The highest BCUT2D eigenvalue weighted by Gasteiger charge is 2.65. The molecular weight excluding hydrogens is 404 g/mol. The van der Waals surface area contributed by atoms with Gasteiger partial charge in [-0.05, 0) is 54.7 Å². The Morgan fingerprint density at radius 1 is 1.33 bits per heavy atom. The Morgan fingerprint density at radius 3 is 2.73 bits per heavy atom. The number of nitrogens with one attached hydrogen (secondary N) is 1. The highest BCUT2D eigenvalue weighted by Crippen LogP contribution is 2.64. The van der Waals surface area contributed by atoms with E-state index in [0.717, 1.165) is 30.5 Å². The van der Waals surface area contributed by atoms with Crippen molar-refractivity contribution in [1.82, 2.24) is 0 Å². The normalized spacial score (nSPS) is 27.2. The molecule has 0 unspecified atom stereocenters. The molecule has 3 aliphatic rings. The van der Waals surface area contributed by atoms with Crippen molar-refractivity contribution in [3.8, 4) is 0 Å². The van der Waals surface area contributed by atoms with Gasteiger partial charge in [0, 0.05) is 25.8 Å². The molecule has 2 bridgehead atoms. The van der Waals surface area contributed by atoms with Crippen LogP contribution in [-0.2, 0) is 30.8 Å². The van der Waals surface area contributed by atoms with E-state index >= 15 is 0 Å². The van der Waals surface area contributed by atoms with Crippen molar-refractivity contribution >= 4 is 33.1 Å². The second-order valence-electron chi connectivity index (χ2n) is 9.45. The second-order valence-corrected chi connectivity index (χ2v) is 11.2. The maximum absolute atomic E-state index is 13.1. The predicted molar refractivity (Wildman–Crippen MR) is 115 cm³/mol. The number of carbonyl (C=O) groups is 2.